The maximum Gasteiger partial charge on any atom is 0.317 e. The highest BCUT2D eigenvalue weighted by Crippen LogP contribution is 2.50. The number of piperidine rings is 2. The highest BCUT2D eigenvalue weighted by molar-refractivity contribution is 5.92. The van der Waals surface area contributed by atoms with Crippen LogP contribution in [0, 0.1) is 11.3 Å². The quantitative estimate of drug-likeness (QED) is 0.481. The van der Waals surface area contributed by atoms with Crippen molar-refractivity contribution in [1.82, 2.24) is 9.80 Å². The number of likely N-dealkylation sites (tertiary alicyclic amines) is 2. The van der Waals surface area contributed by atoms with Gasteiger partial charge in [0.2, 0.25) is 11.8 Å². The molecule has 2 amide bonds. The molecule has 2 atom stereocenters. The molecular weight excluding hydrogens is 476 g/mol. The van der Waals surface area contributed by atoms with E-state index in [1.165, 1.54) is 12.7 Å². The number of fused-ring (bicyclic) bond motifs is 1. The van der Waals surface area contributed by atoms with E-state index in [0.29, 0.717) is 38.4 Å². The van der Waals surface area contributed by atoms with E-state index in [-0.39, 0.29) is 24.2 Å². The molecule has 0 unspecified atom stereocenters. The molecule has 6 nitrogen and oxygen atoms in total. The number of hydrogen-bond donors (Lipinski definition) is 0. The smallest absolute Gasteiger partial charge is 0.317 e. The minimum atomic E-state index is -0.890. The van der Waals surface area contributed by atoms with Crippen LogP contribution in [0.15, 0.2) is 72.4 Å². The van der Waals surface area contributed by atoms with Gasteiger partial charge in [0.1, 0.15) is 5.41 Å². The fraction of sp³-hybridized carbons (Fsp3) is 0.469. The van der Waals surface area contributed by atoms with E-state index in [1.54, 1.807) is 4.90 Å². The summed E-state index contributed by atoms with van der Waals surface area (Å²) in [4.78, 5) is 44.6. The van der Waals surface area contributed by atoms with Crippen molar-refractivity contribution in [2.75, 3.05) is 20.2 Å². The Morgan fingerprint density at radius 2 is 1.66 bits per heavy atom. The third-order valence-electron chi connectivity index (χ3n) is 8.69. The molecule has 3 aliphatic rings. The number of carbonyl (C=O) groups is 3. The van der Waals surface area contributed by atoms with Crippen molar-refractivity contribution < 1.29 is 19.1 Å². The van der Waals surface area contributed by atoms with Gasteiger partial charge in [-0.05, 0) is 55.6 Å². The molecule has 5 rings (SSSR count). The number of hydrogen-bond acceptors (Lipinski definition) is 4. The molecule has 2 aromatic carbocycles. The average molecular weight is 515 g/mol. The molecule has 0 spiro atoms. The molecule has 2 fully saturated rings. The van der Waals surface area contributed by atoms with E-state index in [4.69, 9.17) is 4.74 Å². The summed E-state index contributed by atoms with van der Waals surface area (Å²) in [6, 6.07) is 20.3. The van der Waals surface area contributed by atoms with Gasteiger partial charge in [0, 0.05) is 31.1 Å². The summed E-state index contributed by atoms with van der Waals surface area (Å²) in [6.07, 6.45) is 7.70. The van der Waals surface area contributed by atoms with E-state index < -0.39 is 11.3 Å². The molecule has 2 heterocycles. The van der Waals surface area contributed by atoms with E-state index in [0.717, 1.165) is 43.4 Å². The first-order valence-corrected chi connectivity index (χ1v) is 14.0. The van der Waals surface area contributed by atoms with Gasteiger partial charge in [-0.3, -0.25) is 14.4 Å². The maximum atomic E-state index is 14.0. The molecule has 6 heteroatoms. The zero-order valence-electron chi connectivity index (χ0n) is 22.3. The number of allylic oxidation sites excluding steroid dienone is 1. The predicted octanol–water partition coefficient (Wildman–Crippen LogP) is 5.45. The third kappa shape index (κ3) is 5.27. The number of methoxy groups -OCH3 is 1. The molecule has 0 radical (unpaired) electrons. The normalized spacial score (nSPS) is 24.3. The van der Waals surface area contributed by atoms with Gasteiger partial charge in [0.25, 0.3) is 0 Å². The summed E-state index contributed by atoms with van der Waals surface area (Å²) < 4.78 is 5.35. The Kier molecular flexibility index (Phi) is 7.96. The maximum absolute atomic E-state index is 14.0. The molecule has 2 aliphatic heterocycles. The van der Waals surface area contributed by atoms with E-state index in [2.05, 4.69) is 30.3 Å². The molecule has 1 aliphatic carbocycles. The number of nitrogens with zero attached hydrogens (tertiary/aromatic N) is 2. The largest absolute Gasteiger partial charge is 0.468 e. The third-order valence-corrected chi connectivity index (χ3v) is 8.69. The lowest BCUT2D eigenvalue weighted by Gasteiger charge is -2.46. The average Bonchev–Trinajstić information content (AvgIpc) is 3.19. The lowest BCUT2D eigenvalue weighted by Crippen LogP contribution is -2.53. The second kappa shape index (κ2) is 11.5. The van der Waals surface area contributed by atoms with Crippen LogP contribution in [-0.4, -0.2) is 47.8 Å². The molecule has 0 bridgehead atoms. The van der Waals surface area contributed by atoms with Crippen molar-refractivity contribution in [3.8, 4) is 0 Å². The van der Waals surface area contributed by atoms with Gasteiger partial charge >= 0.3 is 5.97 Å². The lowest BCUT2D eigenvalue weighted by atomic mass is 9.68. The summed E-state index contributed by atoms with van der Waals surface area (Å²) in [5.74, 6) is -0.436. The Morgan fingerprint density at radius 3 is 2.34 bits per heavy atom. The van der Waals surface area contributed by atoms with Crippen LogP contribution < -0.4 is 0 Å². The van der Waals surface area contributed by atoms with Crippen molar-refractivity contribution in [3.63, 3.8) is 0 Å². The summed E-state index contributed by atoms with van der Waals surface area (Å²) in [5.41, 5.74) is 2.20. The Balaban J connectivity index is 1.36. The minimum Gasteiger partial charge on any atom is -0.468 e. The summed E-state index contributed by atoms with van der Waals surface area (Å²) >= 11 is 0. The molecule has 0 saturated carbocycles. The Bertz CT molecular complexity index is 1170. The molecule has 2 saturated heterocycles. The fourth-order valence-corrected chi connectivity index (χ4v) is 6.66. The van der Waals surface area contributed by atoms with Crippen LogP contribution in [0.5, 0.6) is 0 Å². The number of esters is 1. The van der Waals surface area contributed by atoms with Crippen LogP contribution in [0.3, 0.4) is 0 Å². The predicted molar refractivity (Wildman–Crippen MR) is 146 cm³/mol. The lowest BCUT2D eigenvalue weighted by molar-refractivity contribution is -0.160. The summed E-state index contributed by atoms with van der Waals surface area (Å²) in [6.45, 7) is 1.78. The first kappa shape index (κ1) is 26.2. The van der Waals surface area contributed by atoms with Crippen LogP contribution in [0.2, 0.25) is 0 Å². The van der Waals surface area contributed by atoms with Crippen LogP contribution in [-0.2, 0) is 25.7 Å². The molecule has 200 valence electrons. The fourth-order valence-electron chi connectivity index (χ4n) is 6.66. The van der Waals surface area contributed by atoms with Gasteiger partial charge in [-0.1, -0.05) is 73.2 Å². The first-order chi connectivity index (χ1) is 18.5. The van der Waals surface area contributed by atoms with Crippen molar-refractivity contribution in [2.24, 2.45) is 11.3 Å². The molecule has 0 N–H and O–H groups in total. The van der Waals surface area contributed by atoms with Crippen molar-refractivity contribution in [2.45, 2.75) is 63.8 Å². The highest BCUT2D eigenvalue weighted by atomic mass is 16.5. The van der Waals surface area contributed by atoms with Crippen LogP contribution >= 0.6 is 0 Å². The standard InChI is InChI=1S/C32H38N2O4/c1-38-31(37)32-18-10-4-9-15-28(32)34(23-24-11-5-2-6-12-24)30(36)27(22-32)21-29(35)33-19-16-26(17-20-33)25-13-7-3-8-14-25/h2-3,5-8,11-15,26-27H,4,9-10,16-23H2,1H3/t27-,32+/m1/s1. The van der Waals surface area contributed by atoms with E-state index in [1.807, 2.05) is 41.3 Å². The van der Waals surface area contributed by atoms with Crippen molar-refractivity contribution >= 4 is 17.8 Å². The van der Waals surface area contributed by atoms with Gasteiger partial charge in [-0.2, -0.15) is 0 Å². The van der Waals surface area contributed by atoms with Gasteiger partial charge < -0.3 is 14.5 Å². The van der Waals surface area contributed by atoms with Crippen molar-refractivity contribution in [1.29, 1.82) is 0 Å². The van der Waals surface area contributed by atoms with Gasteiger partial charge in [0.05, 0.1) is 13.7 Å². The Hall–Kier alpha value is -3.41. The molecule has 0 aromatic heterocycles. The number of amides is 2. The van der Waals surface area contributed by atoms with Gasteiger partial charge in [0.15, 0.2) is 0 Å². The number of ether oxygens (including phenoxy) is 1. The van der Waals surface area contributed by atoms with Crippen LogP contribution in [0.1, 0.15) is 68.4 Å². The van der Waals surface area contributed by atoms with Gasteiger partial charge in [-0.15, -0.1) is 0 Å². The molecule has 2 aromatic rings. The van der Waals surface area contributed by atoms with Crippen LogP contribution in [0.25, 0.3) is 0 Å². The number of rotatable bonds is 6. The second-order valence-electron chi connectivity index (χ2n) is 11.0. The van der Waals surface area contributed by atoms with E-state index in [9.17, 15) is 14.4 Å². The zero-order valence-corrected chi connectivity index (χ0v) is 22.3. The highest BCUT2D eigenvalue weighted by Gasteiger charge is 2.54. The first-order valence-electron chi connectivity index (χ1n) is 14.0. The second-order valence-corrected chi connectivity index (χ2v) is 11.0. The SMILES string of the molecule is COC(=O)[C@]12CCCCC=C1N(Cc1ccccc1)C(=O)[C@H](CC(=O)N1CCC(c3ccccc3)CC1)C2. The van der Waals surface area contributed by atoms with Gasteiger partial charge in [-0.25, -0.2) is 0 Å². The number of carbonyl (C=O) groups excluding carboxylic acids is 3. The summed E-state index contributed by atoms with van der Waals surface area (Å²) in [5, 5.41) is 0. The monoisotopic (exact) mass is 514 g/mol. The van der Waals surface area contributed by atoms with Crippen LogP contribution in [0.4, 0.5) is 0 Å². The zero-order chi connectivity index (χ0) is 26.5. The molecule has 38 heavy (non-hydrogen) atoms. The van der Waals surface area contributed by atoms with E-state index >= 15 is 0 Å². The summed E-state index contributed by atoms with van der Waals surface area (Å²) in [7, 11) is 1.43. The number of benzene rings is 2. The Labute approximate surface area is 225 Å². The Morgan fingerprint density at radius 1 is 0.974 bits per heavy atom. The minimum absolute atomic E-state index is 0.00981. The molecular formula is C32H38N2O4. The van der Waals surface area contributed by atoms with Crippen molar-refractivity contribution in [3.05, 3.63) is 83.6 Å². The topological polar surface area (TPSA) is 66.9 Å².